The predicted octanol–water partition coefficient (Wildman–Crippen LogP) is 1.47. The number of rotatable bonds is 9. The Hall–Kier alpha value is -1.31. The number of nitrogens with one attached hydrogen (secondary N) is 1. The lowest BCUT2D eigenvalue weighted by Gasteiger charge is -2.22. The van der Waals surface area contributed by atoms with Crippen molar-refractivity contribution < 1.29 is 8.42 Å². The molecule has 0 saturated carbocycles. The molecule has 1 aromatic rings. The largest absolute Gasteiger partial charge is 0.372 e. The van der Waals surface area contributed by atoms with Crippen LogP contribution in [0.3, 0.4) is 0 Å². The lowest BCUT2D eigenvalue weighted by atomic mass is 10.2. The van der Waals surface area contributed by atoms with E-state index in [2.05, 4.69) is 23.5 Å². The van der Waals surface area contributed by atoms with Crippen molar-refractivity contribution in [2.75, 3.05) is 42.8 Å². The minimum absolute atomic E-state index is 0.406. The summed E-state index contributed by atoms with van der Waals surface area (Å²) < 4.78 is 28.0. The summed E-state index contributed by atoms with van der Waals surface area (Å²) in [6.45, 7) is 6.90. The third-order valence-corrected chi connectivity index (χ3v) is 4.83. The summed E-state index contributed by atoms with van der Waals surface area (Å²) in [4.78, 5) is 2.20. The van der Waals surface area contributed by atoms with Gasteiger partial charge in [0.25, 0.3) is 0 Å². The normalized spacial score (nSPS) is 11.7. The van der Waals surface area contributed by atoms with Crippen LogP contribution < -0.4 is 15.4 Å². The highest BCUT2D eigenvalue weighted by atomic mass is 32.2. The van der Waals surface area contributed by atoms with Crippen LogP contribution in [0.25, 0.3) is 0 Å². The van der Waals surface area contributed by atoms with Crippen LogP contribution in [0, 0.1) is 0 Å². The molecule has 0 radical (unpaired) electrons. The number of hydrogen-bond acceptors (Lipinski definition) is 4. The molecule has 7 heteroatoms. The van der Waals surface area contributed by atoms with Crippen molar-refractivity contribution in [3.8, 4) is 0 Å². The minimum Gasteiger partial charge on any atom is -0.372 e. The van der Waals surface area contributed by atoms with E-state index in [1.807, 2.05) is 12.1 Å². The Morgan fingerprint density at radius 1 is 1.14 bits per heavy atom. The van der Waals surface area contributed by atoms with Gasteiger partial charge in [0.2, 0.25) is 0 Å². The SMILES string of the molecule is CCN(CC)c1ccc(NS(=O)(=O)N(C)CCCN)cc1. The Bertz CT molecular complexity index is 512. The fourth-order valence-electron chi connectivity index (χ4n) is 1.99. The molecule has 0 fully saturated rings. The quantitative estimate of drug-likeness (QED) is 0.723. The van der Waals surface area contributed by atoms with Gasteiger partial charge in [0.15, 0.2) is 0 Å². The van der Waals surface area contributed by atoms with E-state index >= 15 is 0 Å². The minimum atomic E-state index is -3.52. The predicted molar refractivity (Wildman–Crippen MR) is 88.8 cm³/mol. The van der Waals surface area contributed by atoms with Crippen molar-refractivity contribution in [3.05, 3.63) is 24.3 Å². The highest BCUT2D eigenvalue weighted by Crippen LogP contribution is 2.19. The molecule has 21 heavy (non-hydrogen) atoms. The van der Waals surface area contributed by atoms with E-state index < -0.39 is 10.2 Å². The van der Waals surface area contributed by atoms with Crippen LogP contribution in [-0.4, -0.2) is 45.9 Å². The summed E-state index contributed by atoms with van der Waals surface area (Å²) in [7, 11) is -1.97. The van der Waals surface area contributed by atoms with Gasteiger partial charge < -0.3 is 10.6 Å². The van der Waals surface area contributed by atoms with Gasteiger partial charge in [0.05, 0.1) is 0 Å². The highest BCUT2D eigenvalue weighted by Gasteiger charge is 2.16. The summed E-state index contributed by atoms with van der Waals surface area (Å²) in [6, 6.07) is 7.40. The van der Waals surface area contributed by atoms with Crippen molar-refractivity contribution in [2.24, 2.45) is 5.73 Å². The molecule has 0 aliphatic carbocycles. The Balaban J connectivity index is 2.75. The Labute approximate surface area is 128 Å². The van der Waals surface area contributed by atoms with Gasteiger partial charge in [-0.05, 0) is 51.1 Å². The average Bonchev–Trinajstić information content (AvgIpc) is 2.47. The zero-order chi connectivity index (χ0) is 15.9. The van der Waals surface area contributed by atoms with Crippen molar-refractivity contribution in [3.63, 3.8) is 0 Å². The Morgan fingerprint density at radius 2 is 1.71 bits per heavy atom. The summed E-state index contributed by atoms with van der Waals surface area (Å²) in [5.41, 5.74) is 7.04. The molecular weight excluding hydrogens is 288 g/mol. The third-order valence-electron chi connectivity index (χ3n) is 3.33. The molecule has 0 aliphatic heterocycles. The average molecular weight is 314 g/mol. The van der Waals surface area contributed by atoms with Crippen LogP contribution in [-0.2, 0) is 10.2 Å². The van der Waals surface area contributed by atoms with Gasteiger partial charge in [-0.1, -0.05) is 0 Å². The maximum absolute atomic E-state index is 12.1. The van der Waals surface area contributed by atoms with Crippen molar-refractivity contribution >= 4 is 21.6 Å². The van der Waals surface area contributed by atoms with Crippen molar-refractivity contribution in [1.29, 1.82) is 0 Å². The van der Waals surface area contributed by atoms with E-state index in [4.69, 9.17) is 5.73 Å². The second-order valence-corrected chi connectivity index (χ2v) is 6.57. The lowest BCUT2D eigenvalue weighted by Crippen LogP contribution is -2.34. The maximum atomic E-state index is 12.1. The maximum Gasteiger partial charge on any atom is 0.301 e. The molecule has 0 spiro atoms. The van der Waals surface area contributed by atoms with Gasteiger partial charge in [-0.25, -0.2) is 0 Å². The molecule has 0 atom stereocenters. The van der Waals surface area contributed by atoms with E-state index in [0.717, 1.165) is 18.8 Å². The monoisotopic (exact) mass is 314 g/mol. The molecule has 1 aromatic carbocycles. The first kappa shape index (κ1) is 17.7. The van der Waals surface area contributed by atoms with Gasteiger partial charge in [-0.3, -0.25) is 4.72 Å². The molecular formula is C14H26N4O2S. The van der Waals surface area contributed by atoms with E-state index in [0.29, 0.717) is 25.2 Å². The summed E-state index contributed by atoms with van der Waals surface area (Å²) in [6.07, 6.45) is 0.637. The number of hydrogen-bond donors (Lipinski definition) is 2. The van der Waals surface area contributed by atoms with Crippen LogP contribution in [0.1, 0.15) is 20.3 Å². The molecule has 0 heterocycles. The third kappa shape index (κ3) is 5.18. The molecule has 0 aliphatic rings. The van der Waals surface area contributed by atoms with Crippen molar-refractivity contribution in [1.82, 2.24) is 4.31 Å². The standard InChI is InChI=1S/C14H26N4O2S/c1-4-18(5-2)14-9-7-13(8-10-14)16-21(19,20)17(3)12-6-11-15/h7-10,16H,4-6,11-12,15H2,1-3H3. The smallest absolute Gasteiger partial charge is 0.301 e. The van der Waals surface area contributed by atoms with Crippen molar-refractivity contribution in [2.45, 2.75) is 20.3 Å². The van der Waals surface area contributed by atoms with E-state index in [9.17, 15) is 8.42 Å². The van der Waals surface area contributed by atoms with Gasteiger partial charge in [0.1, 0.15) is 0 Å². The molecule has 0 bridgehead atoms. The second kappa shape index (κ2) is 8.21. The molecule has 0 amide bonds. The molecule has 0 saturated heterocycles. The Morgan fingerprint density at radius 3 is 2.19 bits per heavy atom. The topological polar surface area (TPSA) is 78.7 Å². The lowest BCUT2D eigenvalue weighted by molar-refractivity contribution is 0.468. The number of nitrogens with two attached hydrogens (primary N) is 1. The first-order valence-electron chi connectivity index (χ1n) is 7.23. The Kier molecular flexibility index (Phi) is 6.94. The number of benzene rings is 1. The summed E-state index contributed by atoms with van der Waals surface area (Å²) in [5, 5.41) is 0. The summed E-state index contributed by atoms with van der Waals surface area (Å²) >= 11 is 0. The fourth-order valence-corrected chi connectivity index (χ4v) is 2.95. The molecule has 0 aromatic heterocycles. The highest BCUT2D eigenvalue weighted by molar-refractivity contribution is 7.90. The molecule has 0 unspecified atom stereocenters. The first-order chi connectivity index (χ1) is 9.94. The zero-order valence-electron chi connectivity index (χ0n) is 13.0. The van der Waals surface area contributed by atoms with Crippen LogP contribution in [0.2, 0.25) is 0 Å². The van der Waals surface area contributed by atoms with Gasteiger partial charge >= 0.3 is 10.2 Å². The fraction of sp³-hybridized carbons (Fsp3) is 0.571. The molecule has 1 rings (SSSR count). The number of anilines is 2. The number of nitrogens with zero attached hydrogens (tertiary/aromatic N) is 2. The second-order valence-electron chi connectivity index (χ2n) is 4.79. The summed E-state index contributed by atoms with van der Waals surface area (Å²) in [5.74, 6) is 0. The van der Waals surface area contributed by atoms with Gasteiger partial charge in [-0.15, -0.1) is 0 Å². The van der Waals surface area contributed by atoms with Gasteiger partial charge in [0, 0.05) is 38.1 Å². The molecule has 6 nitrogen and oxygen atoms in total. The molecule has 3 N–H and O–H groups in total. The van der Waals surface area contributed by atoms with E-state index in [-0.39, 0.29) is 0 Å². The zero-order valence-corrected chi connectivity index (χ0v) is 13.9. The van der Waals surface area contributed by atoms with E-state index in [1.165, 1.54) is 4.31 Å². The first-order valence-corrected chi connectivity index (χ1v) is 8.67. The van der Waals surface area contributed by atoms with E-state index in [1.54, 1.807) is 19.2 Å². The van der Waals surface area contributed by atoms with Crippen LogP contribution in [0.5, 0.6) is 0 Å². The van der Waals surface area contributed by atoms with Crippen LogP contribution in [0.15, 0.2) is 24.3 Å². The van der Waals surface area contributed by atoms with Gasteiger partial charge in [-0.2, -0.15) is 12.7 Å². The molecule has 120 valence electrons. The van der Waals surface area contributed by atoms with Crippen LogP contribution in [0.4, 0.5) is 11.4 Å². The van der Waals surface area contributed by atoms with Crippen LogP contribution >= 0.6 is 0 Å².